The van der Waals surface area contributed by atoms with Crippen LogP contribution in [0.5, 0.6) is 0 Å². The quantitative estimate of drug-likeness (QED) is 0.262. The number of carbonyl (C=O) groups is 2. The Balaban J connectivity index is 3.95. The van der Waals surface area contributed by atoms with Crippen molar-refractivity contribution in [2.24, 2.45) is 5.73 Å². The van der Waals surface area contributed by atoms with Crippen molar-refractivity contribution in [3.8, 4) is 0 Å². The van der Waals surface area contributed by atoms with Gasteiger partial charge in [-0.1, -0.05) is 83.3 Å². The maximum Gasteiger partial charge on any atom is 0.160 e. The van der Waals surface area contributed by atoms with E-state index < -0.39 is 29.3 Å². The first-order valence-electron chi connectivity index (χ1n) is 10.6. The summed E-state index contributed by atoms with van der Waals surface area (Å²) in [6, 6.07) is 0. The number of ketones is 2. The van der Waals surface area contributed by atoms with Gasteiger partial charge in [0.2, 0.25) is 0 Å². The van der Waals surface area contributed by atoms with E-state index >= 15 is 0 Å². The molecule has 158 valence electrons. The lowest BCUT2D eigenvalue weighted by Crippen LogP contribution is -2.65. The Morgan fingerprint density at radius 2 is 1.33 bits per heavy atom. The molecule has 3 unspecified atom stereocenters. The van der Waals surface area contributed by atoms with Gasteiger partial charge in [-0.15, -0.1) is 0 Å². The van der Waals surface area contributed by atoms with Gasteiger partial charge in [-0.05, 0) is 26.7 Å². The molecule has 0 aromatic rings. The normalized spacial score (nSPS) is 16.2. The number of allylic oxidation sites excluding steroid dienone is 1. The van der Waals surface area contributed by atoms with Gasteiger partial charge in [-0.2, -0.15) is 0 Å². The van der Waals surface area contributed by atoms with Crippen LogP contribution in [-0.2, 0) is 9.59 Å². The van der Waals surface area contributed by atoms with E-state index in [-0.39, 0.29) is 0 Å². The van der Waals surface area contributed by atoms with Crippen LogP contribution < -0.4 is 5.73 Å². The van der Waals surface area contributed by atoms with E-state index in [0.29, 0.717) is 0 Å². The first-order chi connectivity index (χ1) is 12.8. The molecule has 0 amide bonds. The molecule has 0 radical (unpaired) electrons. The second-order valence-corrected chi connectivity index (χ2v) is 7.70. The summed E-state index contributed by atoms with van der Waals surface area (Å²) in [4.78, 5) is 23.1. The molecule has 0 aromatic carbocycles. The Hall–Kier alpha value is -1.04. The standard InChI is InChI=1S/C22H41NO4/c1-4-5-6-7-8-9-10-11-12-13-14-15-16-17-20(26)22(23,19(3)25)21(27)18(2)24/h16-17,20-21,26-27H,4-15,23H2,1-3H3. The molecule has 0 spiro atoms. The predicted octanol–water partition coefficient (Wildman–Crippen LogP) is 3.84. The molecule has 0 bridgehead atoms. The molecule has 0 saturated heterocycles. The molecule has 0 aliphatic rings. The third kappa shape index (κ3) is 10.2. The molecule has 0 fully saturated rings. The molecule has 5 nitrogen and oxygen atoms in total. The van der Waals surface area contributed by atoms with Crippen molar-refractivity contribution in [1.82, 2.24) is 0 Å². The maximum atomic E-state index is 11.8. The highest BCUT2D eigenvalue weighted by Gasteiger charge is 2.46. The van der Waals surface area contributed by atoms with Crippen LogP contribution in [0.3, 0.4) is 0 Å². The zero-order valence-electron chi connectivity index (χ0n) is 17.6. The molecule has 0 saturated carbocycles. The van der Waals surface area contributed by atoms with Crippen LogP contribution in [0.4, 0.5) is 0 Å². The van der Waals surface area contributed by atoms with Crippen molar-refractivity contribution in [3.63, 3.8) is 0 Å². The number of unbranched alkanes of at least 4 members (excludes halogenated alkanes) is 11. The van der Waals surface area contributed by atoms with Gasteiger partial charge in [0.1, 0.15) is 17.7 Å². The number of rotatable bonds is 17. The number of nitrogens with two attached hydrogens (primary N) is 1. The van der Waals surface area contributed by atoms with Crippen molar-refractivity contribution in [1.29, 1.82) is 0 Å². The number of hydrogen-bond donors (Lipinski definition) is 3. The minimum Gasteiger partial charge on any atom is -0.387 e. The van der Waals surface area contributed by atoms with E-state index in [9.17, 15) is 19.8 Å². The number of aliphatic hydroxyl groups excluding tert-OH is 2. The van der Waals surface area contributed by atoms with Gasteiger partial charge in [0, 0.05) is 0 Å². The molecule has 4 N–H and O–H groups in total. The maximum absolute atomic E-state index is 11.8. The van der Waals surface area contributed by atoms with Crippen LogP contribution in [0.2, 0.25) is 0 Å². The lowest BCUT2D eigenvalue weighted by atomic mass is 9.81. The SMILES string of the molecule is CCCCCCCCCCCCCC=CC(O)C(N)(C(C)=O)C(O)C(C)=O. The van der Waals surface area contributed by atoms with Crippen LogP contribution in [0, 0.1) is 0 Å². The average molecular weight is 384 g/mol. The molecule has 0 aliphatic heterocycles. The van der Waals surface area contributed by atoms with E-state index in [0.717, 1.165) is 26.2 Å². The molecule has 0 aliphatic carbocycles. The first kappa shape index (κ1) is 26.0. The largest absolute Gasteiger partial charge is 0.387 e. The van der Waals surface area contributed by atoms with Gasteiger partial charge in [0.15, 0.2) is 11.6 Å². The number of Topliss-reactive ketones (excluding diaryl/α,β-unsaturated/α-hetero) is 2. The van der Waals surface area contributed by atoms with Crippen LogP contribution in [0.25, 0.3) is 0 Å². The summed E-state index contributed by atoms with van der Waals surface area (Å²) in [6.07, 6.45) is 14.9. The minimum atomic E-state index is -1.99. The Morgan fingerprint density at radius 1 is 0.889 bits per heavy atom. The monoisotopic (exact) mass is 383 g/mol. The van der Waals surface area contributed by atoms with Crippen molar-refractivity contribution < 1.29 is 19.8 Å². The van der Waals surface area contributed by atoms with Gasteiger partial charge < -0.3 is 15.9 Å². The summed E-state index contributed by atoms with van der Waals surface area (Å²) in [6.45, 7) is 4.56. The highest BCUT2D eigenvalue weighted by atomic mass is 16.3. The first-order valence-corrected chi connectivity index (χ1v) is 10.6. The van der Waals surface area contributed by atoms with Crippen LogP contribution in [0.1, 0.15) is 97.8 Å². The van der Waals surface area contributed by atoms with Gasteiger partial charge in [0.25, 0.3) is 0 Å². The van der Waals surface area contributed by atoms with Gasteiger partial charge in [0.05, 0.1) is 0 Å². The Morgan fingerprint density at radius 3 is 1.74 bits per heavy atom. The van der Waals surface area contributed by atoms with E-state index in [2.05, 4.69) is 6.92 Å². The molecule has 3 atom stereocenters. The molecular weight excluding hydrogens is 342 g/mol. The highest BCUT2D eigenvalue weighted by molar-refractivity contribution is 5.95. The van der Waals surface area contributed by atoms with Crippen LogP contribution in [0.15, 0.2) is 12.2 Å². The zero-order chi connectivity index (χ0) is 20.7. The second-order valence-electron chi connectivity index (χ2n) is 7.70. The predicted molar refractivity (Wildman–Crippen MR) is 111 cm³/mol. The summed E-state index contributed by atoms with van der Waals surface area (Å²) >= 11 is 0. The third-order valence-electron chi connectivity index (χ3n) is 5.23. The fraction of sp³-hybridized carbons (Fsp3) is 0.818. The second kappa shape index (κ2) is 14.9. The lowest BCUT2D eigenvalue weighted by molar-refractivity contribution is -0.141. The van der Waals surface area contributed by atoms with Crippen molar-refractivity contribution >= 4 is 11.6 Å². The zero-order valence-corrected chi connectivity index (χ0v) is 17.6. The average Bonchev–Trinajstić information content (AvgIpc) is 2.63. The van der Waals surface area contributed by atoms with Crippen molar-refractivity contribution in [3.05, 3.63) is 12.2 Å². The third-order valence-corrected chi connectivity index (χ3v) is 5.23. The van der Waals surface area contributed by atoms with Crippen molar-refractivity contribution in [2.75, 3.05) is 0 Å². The molecule has 0 heterocycles. The lowest BCUT2D eigenvalue weighted by Gasteiger charge is -2.33. The van der Waals surface area contributed by atoms with E-state index in [4.69, 9.17) is 5.73 Å². The summed E-state index contributed by atoms with van der Waals surface area (Å²) in [7, 11) is 0. The van der Waals surface area contributed by atoms with E-state index in [1.165, 1.54) is 70.8 Å². The number of carbonyl (C=O) groups excluding carboxylic acids is 2. The van der Waals surface area contributed by atoms with Crippen LogP contribution >= 0.6 is 0 Å². The van der Waals surface area contributed by atoms with Gasteiger partial charge in [-0.25, -0.2) is 0 Å². The molecule has 5 heteroatoms. The fourth-order valence-electron chi connectivity index (χ4n) is 3.21. The Bertz CT molecular complexity index is 450. The highest BCUT2D eigenvalue weighted by Crippen LogP contribution is 2.18. The van der Waals surface area contributed by atoms with E-state index in [1.807, 2.05) is 0 Å². The summed E-state index contributed by atoms with van der Waals surface area (Å²) in [5.74, 6) is -1.25. The summed E-state index contributed by atoms with van der Waals surface area (Å²) in [5.41, 5.74) is 3.87. The van der Waals surface area contributed by atoms with Gasteiger partial charge >= 0.3 is 0 Å². The summed E-state index contributed by atoms with van der Waals surface area (Å²) in [5, 5.41) is 20.1. The minimum absolute atomic E-state index is 0.614. The fourth-order valence-corrected chi connectivity index (χ4v) is 3.21. The molecular formula is C22H41NO4. The topological polar surface area (TPSA) is 101 Å². The van der Waals surface area contributed by atoms with Crippen LogP contribution in [-0.4, -0.2) is 39.5 Å². The number of hydrogen-bond acceptors (Lipinski definition) is 5. The van der Waals surface area contributed by atoms with Crippen molar-refractivity contribution in [2.45, 2.75) is 116 Å². The molecule has 0 aromatic heterocycles. The summed E-state index contributed by atoms with van der Waals surface area (Å²) < 4.78 is 0. The smallest absolute Gasteiger partial charge is 0.160 e. The van der Waals surface area contributed by atoms with Gasteiger partial charge in [-0.3, -0.25) is 9.59 Å². The number of aliphatic hydroxyl groups is 2. The molecule has 27 heavy (non-hydrogen) atoms. The molecule has 0 rings (SSSR count). The Labute approximate surface area is 165 Å². The van der Waals surface area contributed by atoms with E-state index in [1.54, 1.807) is 6.08 Å². The Kier molecular flexibility index (Phi) is 14.4.